The molecule has 4 heteroatoms. The fourth-order valence-corrected chi connectivity index (χ4v) is 2.75. The molecule has 0 bridgehead atoms. The van der Waals surface area contributed by atoms with Crippen molar-refractivity contribution in [2.75, 3.05) is 19.6 Å². The third kappa shape index (κ3) is 2.55. The second kappa shape index (κ2) is 5.15. The summed E-state index contributed by atoms with van der Waals surface area (Å²) < 4.78 is 0. The molecule has 0 saturated carbocycles. The van der Waals surface area contributed by atoms with Crippen LogP contribution in [-0.4, -0.2) is 42.5 Å². The molecule has 3 unspecified atom stereocenters. The van der Waals surface area contributed by atoms with Gasteiger partial charge in [0.05, 0.1) is 6.04 Å². The zero-order chi connectivity index (χ0) is 11.5. The van der Waals surface area contributed by atoms with Crippen LogP contribution in [0.15, 0.2) is 0 Å². The quantitative estimate of drug-likeness (QED) is 0.676. The molecule has 2 fully saturated rings. The highest BCUT2D eigenvalue weighted by molar-refractivity contribution is 5.81. The van der Waals surface area contributed by atoms with Crippen LogP contribution in [0.25, 0.3) is 0 Å². The Balaban J connectivity index is 1.97. The Morgan fingerprint density at radius 1 is 1.38 bits per heavy atom. The Morgan fingerprint density at radius 3 is 2.94 bits per heavy atom. The van der Waals surface area contributed by atoms with Gasteiger partial charge in [-0.25, -0.2) is 0 Å². The van der Waals surface area contributed by atoms with Crippen molar-refractivity contribution in [2.45, 2.75) is 44.7 Å². The monoisotopic (exact) mass is 225 g/mol. The number of amides is 1. The number of rotatable bonds is 1. The van der Waals surface area contributed by atoms with Crippen LogP contribution in [0.4, 0.5) is 0 Å². The molecule has 0 aromatic rings. The van der Waals surface area contributed by atoms with Crippen LogP contribution >= 0.6 is 0 Å². The van der Waals surface area contributed by atoms with E-state index in [9.17, 15) is 4.79 Å². The van der Waals surface area contributed by atoms with E-state index in [1.165, 1.54) is 0 Å². The summed E-state index contributed by atoms with van der Waals surface area (Å²) in [5.74, 6) is 0.727. The van der Waals surface area contributed by atoms with Gasteiger partial charge >= 0.3 is 0 Å². The molecule has 0 radical (unpaired) electrons. The van der Waals surface area contributed by atoms with Gasteiger partial charge < -0.3 is 11.1 Å². The number of hydrogen-bond acceptors (Lipinski definition) is 3. The lowest BCUT2D eigenvalue weighted by Gasteiger charge is -2.38. The van der Waals surface area contributed by atoms with E-state index in [2.05, 4.69) is 17.1 Å². The maximum absolute atomic E-state index is 11.9. The molecule has 2 saturated heterocycles. The van der Waals surface area contributed by atoms with Crippen molar-refractivity contribution in [3.8, 4) is 0 Å². The lowest BCUT2D eigenvalue weighted by molar-refractivity contribution is -0.127. The van der Waals surface area contributed by atoms with Gasteiger partial charge in [-0.2, -0.15) is 0 Å². The average molecular weight is 225 g/mol. The summed E-state index contributed by atoms with van der Waals surface area (Å²) in [5.41, 5.74) is 6.01. The molecule has 2 aliphatic rings. The van der Waals surface area contributed by atoms with Gasteiger partial charge in [0.2, 0.25) is 5.91 Å². The maximum Gasteiger partial charge on any atom is 0.237 e. The molecule has 3 N–H and O–H groups in total. The molecule has 3 atom stereocenters. The summed E-state index contributed by atoms with van der Waals surface area (Å²) in [6.45, 7) is 4.98. The highest BCUT2D eigenvalue weighted by Gasteiger charge is 2.32. The van der Waals surface area contributed by atoms with E-state index in [0.29, 0.717) is 12.0 Å². The number of nitrogens with two attached hydrogens (primary N) is 1. The van der Waals surface area contributed by atoms with Gasteiger partial charge in [0.1, 0.15) is 0 Å². The third-order valence-electron chi connectivity index (χ3n) is 3.95. The van der Waals surface area contributed by atoms with Crippen molar-refractivity contribution in [2.24, 2.45) is 11.7 Å². The van der Waals surface area contributed by atoms with Crippen LogP contribution in [0, 0.1) is 5.92 Å². The number of nitrogens with zero attached hydrogens (tertiary/aromatic N) is 1. The number of hydrogen-bond donors (Lipinski definition) is 2. The first kappa shape index (κ1) is 11.9. The summed E-state index contributed by atoms with van der Waals surface area (Å²) in [6.07, 6.45) is 4.30. The molecule has 0 aromatic heterocycles. The van der Waals surface area contributed by atoms with Gasteiger partial charge in [-0.15, -0.1) is 0 Å². The number of carbonyl (C=O) groups excluding carboxylic acids is 1. The van der Waals surface area contributed by atoms with Crippen LogP contribution in [0.2, 0.25) is 0 Å². The topological polar surface area (TPSA) is 58.4 Å². The first-order chi connectivity index (χ1) is 7.68. The molecule has 0 spiro atoms. The van der Waals surface area contributed by atoms with E-state index < -0.39 is 0 Å². The highest BCUT2D eigenvalue weighted by atomic mass is 16.2. The fourth-order valence-electron chi connectivity index (χ4n) is 2.75. The second-order valence-corrected chi connectivity index (χ2v) is 5.23. The smallest absolute Gasteiger partial charge is 0.237 e. The predicted octanol–water partition coefficient (Wildman–Crippen LogP) is 0.324. The SMILES string of the molecule is CC1CN(C2CCCCNC2=O)CCC1N. The van der Waals surface area contributed by atoms with Crippen LogP contribution in [-0.2, 0) is 4.79 Å². The molecular weight excluding hydrogens is 202 g/mol. The Morgan fingerprint density at radius 2 is 2.19 bits per heavy atom. The second-order valence-electron chi connectivity index (χ2n) is 5.23. The zero-order valence-corrected chi connectivity index (χ0v) is 10.1. The van der Waals surface area contributed by atoms with E-state index in [4.69, 9.17) is 5.73 Å². The van der Waals surface area contributed by atoms with Crippen LogP contribution in [0.5, 0.6) is 0 Å². The third-order valence-corrected chi connectivity index (χ3v) is 3.95. The molecule has 2 aliphatic heterocycles. The summed E-state index contributed by atoms with van der Waals surface area (Å²) >= 11 is 0. The largest absolute Gasteiger partial charge is 0.355 e. The molecule has 0 aromatic carbocycles. The molecular formula is C12H23N3O. The van der Waals surface area contributed by atoms with Crippen LogP contribution in [0.3, 0.4) is 0 Å². The Kier molecular flexibility index (Phi) is 3.82. The number of carbonyl (C=O) groups is 1. The van der Waals surface area contributed by atoms with Crippen molar-refractivity contribution < 1.29 is 4.79 Å². The van der Waals surface area contributed by atoms with Crippen LogP contribution < -0.4 is 11.1 Å². The van der Waals surface area contributed by atoms with Crippen LogP contribution in [0.1, 0.15) is 32.6 Å². The standard InChI is InChI=1S/C12H23N3O/c1-9-8-15(7-5-10(9)13)11-4-2-3-6-14-12(11)16/h9-11H,2-8,13H2,1H3,(H,14,16). The summed E-state index contributed by atoms with van der Waals surface area (Å²) in [4.78, 5) is 14.2. The van der Waals surface area contributed by atoms with E-state index >= 15 is 0 Å². The average Bonchev–Trinajstić information content (AvgIpc) is 2.47. The number of nitrogens with one attached hydrogen (secondary N) is 1. The van der Waals surface area contributed by atoms with Gasteiger partial charge in [0, 0.05) is 25.7 Å². The Bertz CT molecular complexity index is 257. The molecule has 2 heterocycles. The molecule has 0 aliphatic carbocycles. The summed E-state index contributed by atoms with van der Waals surface area (Å²) in [6, 6.07) is 0.405. The maximum atomic E-state index is 11.9. The van der Waals surface area contributed by atoms with Gasteiger partial charge in [-0.1, -0.05) is 6.92 Å². The van der Waals surface area contributed by atoms with Crippen molar-refractivity contribution in [1.82, 2.24) is 10.2 Å². The van der Waals surface area contributed by atoms with Crippen molar-refractivity contribution in [1.29, 1.82) is 0 Å². The number of likely N-dealkylation sites (tertiary alicyclic amines) is 1. The van der Waals surface area contributed by atoms with Gasteiger partial charge in [-0.05, 0) is 31.6 Å². The van der Waals surface area contributed by atoms with Gasteiger partial charge in [0.15, 0.2) is 0 Å². The molecule has 2 rings (SSSR count). The highest BCUT2D eigenvalue weighted by Crippen LogP contribution is 2.20. The van der Waals surface area contributed by atoms with E-state index in [0.717, 1.165) is 45.3 Å². The Hall–Kier alpha value is -0.610. The first-order valence-electron chi connectivity index (χ1n) is 6.46. The van der Waals surface area contributed by atoms with E-state index in [-0.39, 0.29) is 11.9 Å². The normalized spacial score (nSPS) is 37.9. The summed E-state index contributed by atoms with van der Waals surface area (Å²) in [7, 11) is 0. The minimum absolute atomic E-state index is 0.0949. The lowest BCUT2D eigenvalue weighted by atomic mass is 9.93. The van der Waals surface area contributed by atoms with Crippen molar-refractivity contribution in [3.63, 3.8) is 0 Å². The minimum atomic E-state index is 0.0949. The Labute approximate surface area is 97.6 Å². The molecule has 92 valence electrons. The van der Waals surface area contributed by atoms with E-state index in [1.54, 1.807) is 0 Å². The lowest BCUT2D eigenvalue weighted by Crippen LogP contribution is -2.53. The molecule has 16 heavy (non-hydrogen) atoms. The zero-order valence-electron chi connectivity index (χ0n) is 10.1. The number of piperidine rings is 1. The van der Waals surface area contributed by atoms with Crippen molar-refractivity contribution in [3.05, 3.63) is 0 Å². The van der Waals surface area contributed by atoms with Gasteiger partial charge in [-0.3, -0.25) is 9.69 Å². The molecule has 4 nitrogen and oxygen atoms in total. The minimum Gasteiger partial charge on any atom is -0.355 e. The first-order valence-corrected chi connectivity index (χ1v) is 6.46. The molecule has 1 amide bonds. The van der Waals surface area contributed by atoms with Crippen molar-refractivity contribution >= 4 is 5.91 Å². The van der Waals surface area contributed by atoms with E-state index in [1.807, 2.05) is 0 Å². The van der Waals surface area contributed by atoms with Gasteiger partial charge in [0.25, 0.3) is 0 Å². The fraction of sp³-hybridized carbons (Fsp3) is 0.917. The summed E-state index contributed by atoms with van der Waals surface area (Å²) in [5, 5.41) is 3.01. The predicted molar refractivity (Wildman–Crippen MR) is 64.0 cm³/mol.